The topological polar surface area (TPSA) is 59.8 Å². The Bertz CT molecular complexity index is 811. The maximum absolute atomic E-state index is 12.6. The molecule has 0 aliphatic heterocycles. The van der Waals surface area contributed by atoms with Crippen molar-refractivity contribution >= 4 is 5.91 Å². The number of hydrogen-bond acceptors (Lipinski definition) is 3. The second-order valence-corrected chi connectivity index (χ2v) is 5.40. The molecule has 1 aromatic carbocycles. The number of rotatable bonds is 4. The van der Waals surface area contributed by atoms with Gasteiger partial charge in [0.15, 0.2) is 0 Å². The average molecular weight is 306 g/mol. The molecule has 5 heteroatoms. The van der Waals surface area contributed by atoms with Crippen LogP contribution in [0.1, 0.15) is 33.4 Å². The number of hydrogen-bond donors (Lipinski definition) is 1. The molecule has 1 amide bonds. The van der Waals surface area contributed by atoms with Crippen LogP contribution in [0.3, 0.4) is 0 Å². The van der Waals surface area contributed by atoms with Gasteiger partial charge in [0.25, 0.3) is 5.91 Å². The predicted molar refractivity (Wildman–Crippen MR) is 87.9 cm³/mol. The molecule has 0 bridgehead atoms. The zero-order chi connectivity index (χ0) is 16.2. The van der Waals surface area contributed by atoms with Crippen LogP contribution in [-0.4, -0.2) is 20.4 Å². The highest BCUT2D eigenvalue weighted by Crippen LogP contribution is 2.23. The molecular formula is C18H18N4O. The molecule has 116 valence electrons. The van der Waals surface area contributed by atoms with Crippen molar-refractivity contribution in [1.29, 1.82) is 0 Å². The van der Waals surface area contributed by atoms with Crippen LogP contribution >= 0.6 is 0 Å². The molecule has 0 aliphatic rings. The smallest absolute Gasteiger partial charge is 0.253 e. The highest BCUT2D eigenvalue weighted by molar-refractivity contribution is 5.94. The van der Waals surface area contributed by atoms with Crippen LogP contribution in [-0.2, 0) is 7.05 Å². The Morgan fingerprint density at radius 2 is 2.00 bits per heavy atom. The molecule has 23 heavy (non-hydrogen) atoms. The number of nitrogens with one attached hydrogen (secondary N) is 1. The van der Waals surface area contributed by atoms with Crippen LogP contribution in [0.2, 0.25) is 0 Å². The first-order chi connectivity index (χ1) is 11.2. The van der Waals surface area contributed by atoms with E-state index >= 15 is 0 Å². The summed E-state index contributed by atoms with van der Waals surface area (Å²) in [5.74, 6) is 0.617. The summed E-state index contributed by atoms with van der Waals surface area (Å²) in [5, 5.41) is 3.07. The Hall–Kier alpha value is -2.95. The number of pyridine rings is 1. The first-order valence-corrected chi connectivity index (χ1v) is 7.40. The fourth-order valence-electron chi connectivity index (χ4n) is 2.56. The van der Waals surface area contributed by atoms with Crippen LogP contribution in [0.5, 0.6) is 0 Å². The Kier molecular flexibility index (Phi) is 4.19. The molecule has 0 fully saturated rings. The first kappa shape index (κ1) is 15.0. The minimum absolute atomic E-state index is 0.172. The van der Waals surface area contributed by atoms with E-state index in [1.165, 1.54) is 0 Å². The highest BCUT2D eigenvalue weighted by Gasteiger charge is 2.22. The summed E-state index contributed by atoms with van der Waals surface area (Å²) < 4.78 is 1.92. The quantitative estimate of drug-likeness (QED) is 0.806. The maximum Gasteiger partial charge on any atom is 0.253 e. The third-order valence-corrected chi connectivity index (χ3v) is 3.82. The molecule has 5 nitrogen and oxygen atoms in total. The summed E-state index contributed by atoms with van der Waals surface area (Å²) in [6.07, 6.45) is 6.81. The standard InChI is InChI=1S/C18H18N4O/c1-13-6-3-4-8-15(13)16(17-20-10-11-22(17)2)21-18(23)14-7-5-9-19-12-14/h3-12,16H,1-2H3,(H,21,23). The van der Waals surface area contributed by atoms with Crippen LogP contribution in [0.15, 0.2) is 61.2 Å². The third kappa shape index (κ3) is 3.13. The molecule has 2 aromatic heterocycles. The van der Waals surface area contributed by atoms with Crippen molar-refractivity contribution in [1.82, 2.24) is 19.9 Å². The van der Waals surface area contributed by atoms with Gasteiger partial charge in [-0.25, -0.2) is 4.98 Å². The normalized spacial score (nSPS) is 11.9. The molecule has 2 heterocycles. The van der Waals surface area contributed by atoms with Gasteiger partial charge in [-0.1, -0.05) is 24.3 Å². The van der Waals surface area contributed by atoms with E-state index in [0.717, 1.165) is 17.0 Å². The lowest BCUT2D eigenvalue weighted by Gasteiger charge is -2.21. The largest absolute Gasteiger partial charge is 0.338 e. The molecule has 3 rings (SSSR count). The van der Waals surface area contributed by atoms with Gasteiger partial charge in [-0.05, 0) is 30.2 Å². The number of carbonyl (C=O) groups excluding carboxylic acids is 1. The summed E-state index contributed by atoms with van der Waals surface area (Å²) in [4.78, 5) is 21.0. The molecule has 0 saturated carbocycles. The van der Waals surface area contributed by atoms with Gasteiger partial charge in [0.2, 0.25) is 0 Å². The number of imidazole rings is 1. The van der Waals surface area contributed by atoms with E-state index in [-0.39, 0.29) is 11.9 Å². The van der Waals surface area contributed by atoms with Crippen LogP contribution < -0.4 is 5.32 Å². The monoisotopic (exact) mass is 306 g/mol. The average Bonchev–Trinajstić information content (AvgIpc) is 3.00. The predicted octanol–water partition coefficient (Wildman–Crippen LogP) is 2.64. The van der Waals surface area contributed by atoms with Gasteiger partial charge in [-0.2, -0.15) is 0 Å². The number of amides is 1. The van der Waals surface area contributed by atoms with Crippen molar-refractivity contribution in [2.24, 2.45) is 7.05 Å². The number of aryl methyl sites for hydroxylation is 2. The molecular weight excluding hydrogens is 288 g/mol. The summed E-state index contributed by atoms with van der Waals surface area (Å²) in [7, 11) is 1.92. The number of benzene rings is 1. The molecule has 0 saturated heterocycles. The number of aromatic nitrogens is 3. The molecule has 0 aliphatic carbocycles. The van der Waals surface area contributed by atoms with Gasteiger partial charge < -0.3 is 9.88 Å². The van der Waals surface area contributed by atoms with Gasteiger partial charge >= 0.3 is 0 Å². The third-order valence-electron chi connectivity index (χ3n) is 3.82. The van der Waals surface area contributed by atoms with E-state index in [1.54, 1.807) is 30.7 Å². The lowest BCUT2D eigenvalue weighted by molar-refractivity contribution is 0.0940. The Morgan fingerprint density at radius 1 is 1.17 bits per heavy atom. The molecule has 0 radical (unpaired) electrons. The highest BCUT2D eigenvalue weighted by atomic mass is 16.1. The second kappa shape index (κ2) is 6.44. The number of nitrogens with zero attached hydrogens (tertiary/aromatic N) is 3. The van der Waals surface area contributed by atoms with E-state index in [1.807, 2.05) is 49.0 Å². The van der Waals surface area contributed by atoms with Crippen LogP contribution in [0.4, 0.5) is 0 Å². The number of carbonyl (C=O) groups is 1. The van der Waals surface area contributed by atoms with E-state index in [0.29, 0.717) is 5.56 Å². The lowest BCUT2D eigenvalue weighted by Crippen LogP contribution is -2.31. The van der Waals surface area contributed by atoms with Crippen molar-refractivity contribution in [3.8, 4) is 0 Å². The molecule has 1 atom stereocenters. The van der Waals surface area contributed by atoms with Gasteiger partial charge in [0, 0.05) is 31.8 Å². The van der Waals surface area contributed by atoms with E-state index in [2.05, 4.69) is 15.3 Å². The summed E-state index contributed by atoms with van der Waals surface area (Å²) in [5.41, 5.74) is 2.66. The Balaban J connectivity index is 1.98. The molecule has 3 aromatic rings. The SMILES string of the molecule is Cc1ccccc1C(NC(=O)c1cccnc1)c1nccn1C. The van der Waals surface area contributed by atoms with Gasteiger partial charge in [0.05, 0.1) is 5.56 Å². The van der Waals surface area contributed by atoms with E-state index < -0.39 is 0 Å². The molecule has 0 spiro atoms. The van der Waals surface area contributed by atoms with Gasteiger partial charge in [-0.15, -0.1) is 0 Å². The van der Waals surface area contributed by atoms with E-state index in [4.69, 9.17) is 0 Å². The molecule has 1 unspecified atom stereocenters. The van der Waals surface area contributed by atoms with Crippen molar-refractivity contribution in [3.05, 3.63) is 83.7 Å². The van der Waals surface area contributed by atoms with Crippen molar-refractivity contribution in [3.63, 3.8) is 0 Å². The summed E-state index contributed by atoms with van der Waals surface area (Å²) in [6.45, 7) is 2.03. The summed E-state index contributed by atoms with van der Waals surface area (Å²) >= 11 is 0. The van der Waals surface area contributed by atoms with Crippen molar-refractivity contribution < 1.29 is 4.79 Å². The zero-order valence-corrected chi connectivity index (χ0v) is 13.1. The fourth-order valence-corrected chi connectivity index (χ4v) is 2.56. The van der Waals surface area contributed by atoms with Gasteiger partial charge in [-0.3, -0.25) is 9.78 Å². The first-order valence-electron chi connectivity index (χ1n) is 7.40. The van der Waals surface area contributed by atoms with E-state index in [9.17, 15) is 4.79 Å². The zero-order valence-electron chi connectivity index (χ0n) is 13.1. The lowest BCUT2D eigenvalue weighted by atomic mass is 10.00. The van der Waals surface area contributed by atoms with Crippen molar-refractivity contribution in [2.45, 2.75) is 13.0 Å². The maximum atomic E-state index is 12.6. The minimum Gasteiger partial charge on any atom is -0.338 e. The minimum atomic E-state index is -0.316. The van der Waals surface area contributed by atoms with Gasteiger partial charge in [0.1, 0.15) is 11.9 Å². The second-order valence-electron chi connectivity index (χ2n) is 5.40. The van der Waals surface area contributed by atoms with Crippen molar-refractivity contribution in [2.75, 3.05) is 0 Å². The fraction of sp³-hybridized carbons (Fsp3) is 0.167. The molecule has 1 N–H and O–H groups in total. The van der Waals surface area contributed by atoms with Crippen LogP contribution in [0, 0.1) is 6.92 Å². The summed E-state index contributed by atoms with van der Waals surface area (Å²) in [6, 6.07) is 11.2. The van der Waals surface area contributed by atoms with Crippen LogP contribution in [0.25, 0.3) is 0 Å². The Labute approximate surface area is 135 Å². The Morgan fingerprint density at radius 3 is 2.65 bits per heavy atom.